The summed E-state index contributed by atoms with van der Waals surface area (Å²) in [6.45, 7) is 3.91. The van der Waals surface area contributed by atoms with Gasteiger partial charge in [0.1, 0.15) is 17.7 Å². The molecule has 1 aromatic rings. The van der Waals surface area contributed by atoms with Gasteiger partial charge in [0.05, 0.1) is 0 Å². The SMILES string of the molecule is CC(C)C(NC(=O)/C(C#N)=C\NCCc1ccccc1Br)C(=O)O. The molecule has 7 heteroatoms. The summed E-state index contributed by atoms with van der Waals surface area (Å²) in [5.41, 5.74) is 0.945. The van der Waals surface area contributed by atoms with E-state index in [-0.39, 0.29) is 11.5 Å². The number of aliphatic carboxylic acids is 1. The highest BCUT2D eigenvalue weighted by Crippen LogP contribution is 2.15. The van der Waals surface area contributed by atoms with Crippen molar-refractivity contribution in [1.82, 2.24) is 10.6 Å². The Labute approximate surface area is 149 Å². The first kappa shape index (κ1) is 19.7. The van der Waals surface area contributed by atoms with Gasteiger partial charge in [-0.3, -0.25) is 4.79 Å². The van der Waals surface area contributed by atoms with E-state index in [4.69, 9.17) is 10.4 Å². The molecule has 0 fully saturated rings. The molecule has 0 spiro atoms. The molecule has 1 unspecified atom stereocenters. The van der Waals surface area contributed by atoms with Crippen LogP contribution in [0.5, 0.6) is 0 Å². The predicted octanol–water partition coefficient (Wildman–Crippen LogP) is 2.21. The number of nitrogens with zero attached hydrogens (tertiary/aromatic N) is 1. The van der Waals surface area contributed by atoms with Crippen LogP contribution >= 0.6 is 15.9 Å². The van der Waals surface area contributed by atoms with Crippen LogP contribution in [0.3, 0.4) is 0 Å². The normalized spacial score (nSPS) is 12.4. The minimum absolute atomic E-state index is 0.158. The number of nitrogens with one attached hydrogen (secondary N) is 2. The maximum atomic E-state index is 12.0. The molecule has 0 aliphatic heterocycles. The first-order valence-electron chi connectivity index (χ1n) is 7.47. The molecule has 1 aromatic carbocycles. The van der Waals surface area contributed by atoms with Gasteiger partial charge in [-0.05, 0) is 24.0 Å². The smallest absolute Gasteiger partial charge is 0.326 e. The summed E-state index contributed by atoms with van der Waals surface area (Å²) >= 11 is 3.45. The molecule has 0 heterocycles. The summed E-state index contributed by atoms with van der Waals surface area (Å²) in [5, 5.41) is 23.4. The highest BCUT2D eigenvalue weighted by molar-refractivity contribution is 9.10. The monoisotopic (exact) mass is 393 g/mol. The van der Waals surface area contributed by atoms with Crippen LogP contribution in [0.25, 0.3) is 0 Å². The second kappa shape index (κ2) is 9.73. The maximum Gasteiger partial charge on any atom is 0.326 e. The number of benzene rings is 1. The lowest BCUT2D eigenvalue weighted by molar-refractivity contribution is -0.142. The van der Waals surface area contributed by atoms with Gasteiger partial charge >= 0.3 is 5.97 Å². The zero-order chi connectivity index (χ0) is 18.1. The molecule has 3 N–H and O–H groups in total. The Morgan fingerprint density at radius 3 is 2.58 bits per heavy atom. The third kappa shape index (κ3) is 6.05. The number of carbonyl (C=O) groups is 2. The van der Waals surface area contributed by atoms with Crippen LogP contribution in [0, 0.1) is 17.2 Å². The lowest BCUT2D eigenvalue weighted by Crippen LogP contribution is -2.44. The van der Waals surface area contributed by atoms with Crippen LogP contribution in [0.2, 0.25) is 0 Å². The number of carboxylic acids is 1. The highest BCUT2D eigenvalue weighted by Gasteiger charge is 2.24. The predicted molar refractivity (Wildman–Crippen MR) is 93.9 cm³/mol. The van der Waals surface area contributed by atoms with E-state index in [2.05, 4.69) is 26.6 Å². The van der Waals surface area contributed by atoms with Crippen LogP contribution < -0.4 is 10.6 Å². The van der Waals surface area contributed by atoms with Gasteiger partial charge in [0.25, 0.3) is 5.91 Å². The number of carbonyl (C=O) groups excluding carboxylic acids is 1. The average Bonchev–Trinajstić information content (AvgIpc) is 2.53. The number of carboxylic acid groups (broad SMARTS) is 1. The van der Waals surface area contributed by atoms with Crippen LogP contribution in [0.15, 0.2) is 40.5 Å². The van der Waals surface area contributed by atoms with E-state index in [1.807, 2.05) is 24.3 Å². The Hall–Kier alpha value is -2.33. The first-order valence-corrected chi connectivity index (χ1v) is 8.26. The lowest BCUT2D eigenvalue weighted by atomic mass is 10.0. The van der Waals surface area contributed by atoms with Crippen molar-refractivity contribution in [2.24, 2.45) is 5.92 Å². The van der Waals surface area contributed by atoms with E-state index in [9.17, 15) is 9.59 Å². The Kier molecular flexibility index (Phi) is 7.99. The molecule has 1 amide bonds. The van der Waals surface area contributed by atoms with Gasteiger partial charge in [0.15, 0.2) is 0 Å². The molecular weight excluding hydrogens is 374 g/mol. The molecule has 1 rings (SSSR count). The first-order chi connectivity index (χ1) is 11.4. The lowest BCUT2D eigenvalue weighted by Gasteiger charge is -2.17. The van der Waals surface area contributed by atoms with Gasteiger partial charge in [0, 0.05) is 17.2 Å². The Bertz CT molecular complexity index is 665. The number of amides is 1. The summed E-state index contributed by atoms with van der Waals surface area (Å²) in [6, 6.07) is 8.52. The molecule has 0 saturated heterocycles. The van der Waals surface area contributed by atoms with Gasteiger partial charge in [-0.2, -0.15) is 5.26 Å². The summed E-state index contributed by atoms with van der Waals surface area (Å²) in [4.78, 5) is 23.1. The fourth-order valence-electron chi connectivity index (χ4n) is 1.96. The maximum absolute atomic E-state index is 12.0. The third-order valence-electron chi connectivity index (χ3n) is 3.33. The molecule has 0 bridgehead atoms. The summed E-state index contributed by atoms with van der Waals surface area (Å²) < 4.78 is 0.996. The minimum Gasteiger partial charge on any atom is -0.480 e. The molecule has 0 saturated carbocycles. The van der Waals surface area contributed by atoms with Crippen LogP contribution in [-0.2, 0) is 16.0 Å². The zero-order valence-electron chi connectivity index (χ0n) is 13.5. The van der Waals surface area contributed by atoms with Crippen molar-refractivity contribution in [2.75, 3.05) is 6.54 Å². The number of hydrogen-bond donors (Lipinski definition) is 3. The topological polar surface area (TPSA) is 102 Å². The van der Waals surface area contributed by atoms with E-state index in [0.717, 1.165) is 10.0 Å². The molecule has 1 atom stereocenters. The fraction of sp³-hybridized carbons (Fsp3) is 0.353. The molecule has 6 nitrogen and oxygen atoms in total. The molecular formula is C17H20BrN3O3. The van der Waals surface area contributed by atoms with Crippen molar-refractivity contribution < 1.29 is 14.7 Å². The van der Waals surface area contributed by atoms with Crippen molar-refractivity contribution in [2.45, 2.75) is 26.3 Å². The number of hydrogen-bond acceptors (Lipinski definition) is 4. The van der Waals surface area contributed by atoms with E-state index < -0.39 is 17.9 Å². The van der Waals surface area contributed by atoms with Crippen molar-refractivity contribution in [3.63, 3.8) is 0 Å². The molecule has 0 aliphatic rings. The molecule has 0 aliphatic carbocycles. The number of halogens is 1. The molecule has 128 valence electrons. The van der Waals surface area contributed by atoms with E-state index >= 15 is 0 Å². The van der Waals surface area contributed by atoms with Crippen molar-refractivity contribution >= 4 is 27.8 Å². The Morgan fingerprint density at radius 1 is 1.38 bits per heavy atom. The van der Waals surface area contributed by atoms with Gasteiger partial charge < -0.3 is 15.7 Å². The van der Waals surface area contributed by atoms with Gasteiger partial charge in [-0.1, -0.05) is 48.0 Å². The standard InChI is InChI=1S/C17H20BrN3O3/c1-11(2)15(17(23)24)21-16(22)13(9-19)10-20-8-7-12-5-3-4-6-14(12)18/h3-6,10-11,15,20H,7-8H2,1-2H3,(H,21,22)(H,23,24)/b13-10-. The second-order valence-electron chi connectivity index (χ2n) is 5.50. The fourth-order valence-corrected chi connectivity index (χ4v) is 2.45. The average molecular weight is 394 g/mol. The number of nitriles is 1. The van der Waals surface area contributed by atoms with Crippen molar-refractivity contribution in [1.29, 1.82) is 5.26 Å². The number of rotatable bonds is 8. The minimum atomic E-state index is -1.13. The van der Waals surface area contributed by atoms with Crippen LogP contribution in [0.1, 0.15) is 19.4 Å². The third-order valence-corrected chi connectivity index (χ3v) is 4.10. The molecule has 0 aromatic heterocycles. The van der Waals surface area contributed by atoms with Crippen LogP contribution in [-0.4, -0.2) is 29.6 Å². The van der Waals surface area contributed by atoms with Crippen molar-refractivity contribution in [3.05, 3.63) is 46.1 Å². The van der Waals surface area contributed by atoms with Gasteiger partial charge in [0.2, 0.25) is 0 Å². The Morgan fingerprint density at radius 2 is 2.04 bits per heavy atom. The highest BCUT2D eigenvalue weighted by atomic mass is 79.9. The molecule has 0 radical (unpaired) electrons. The Balaban J connectivity index is 2.60. The summed E-state index contributed by atoms with van der Waals surface area (Å²) in [5.74, 6) is -2.11. The quantitative estimate of drug-likeness (QED) is 0.357. The largest absolute Gasteiger partial charge is 0.480 e. The van der Waals surface area contributed by atoms with E-state index in [1.54, 1.807) is 19.9 Å². The molecule has 24 heavy (non-hydrogen) atoms. The van der Waals surface area contributed by atoms with Crippen LogP contribution in [0.4, 0.5) is 0 Å². The van der Waals surface area contributed by atoms with Gasteiger partial charge in [-0.25, -0.2) is 4.79 Å². The summed E-state index contributed by atoms with van der Waals surface area (Å²) in [7, 11) is 0. The van der Waals surface area contributed by atoms with E-state index in [0.29, 0.717) is 13.0 Å². The van der Waals surface area contributed by atoms with Crippen molar-refractivity contribution in [3.8, 4) is 6.07 Å². The zero-order valence-corrected chi connectivity index (χ0v) is 15.1. The van der Waals surface area contributed by atoms with E-state index in [1.165, 1.54) is 6.20 Å². The summed E-state index contributed by atoms with van der Waals surface area (Å²) in [6.07, 6.45) is 2.02. The second-order valence-corrected chi connectivity index (χ2v) is 6.35. The van der Waals surface area contributed by atoms with Gasteiger partial charge in [-0.15, -0.1) is 0 Å².